The fourth-order valence-electron chi connectivity index (χ4n) is 2.04. The van der Waals surface area contributed by atoms with Crippen LogP contribution in [-0.2, 0) is 11.3 Å². The van der Waals surface area contributed by atoms with Gasteiger partial charge in [0.2, 0.25) is 5.91 Å². The van der Waals surface area contributed by atoms with Crippen molar-refractivity contribution in [2.75, 3.05) is 6.54 Å². The summed E-state index contributed by atoms with van der Waals surface area (Å²) in [7, 11) is 0. The zero-order valence-corrected chi connectivity index (χ0v) is 12.7. The minimum atomic E-state index is -0.0136. The summed E-state index contributed by atoms with van der Waals surface area (Å²) in [5.74, 6) is -0.0136. The average Bonchev–Trinajstić information content (AvgIpc) is 2.50. The summed E-state index contributed by atoms with van der Waals surface area (Å²) in [5.41, 5.74) is 2.20. The van der Waals surface area contributed by atoms with Gasteiger partial charge in [0.25, 0.3) is 0 Å². The molecule has 0 bridgehead atoms. The Morgan fingerprint density at radius 2 is 1.76 bits per heavy atom. The number of hydrogen-bond donors (Lipinski definition) is 2. The number of rotatable bonds is 6. The van der Waals surface area contributed by atoms with Gasteiger partial charge >= 0.3 is 0 Å². The molecule has 1 atom stereocenters. The first-order valence-electron chi connectivity index (χ1n) is 6.94. The predicted molar refractivity (Wildman–Crippen MR) is 86.2 cm³/mol. The molecule has 110 valence electrons. The molecule has 0 aliphatic carbocycles. The Labute approximate surface area is 130 Å². The molecule has 2 N–H and O–H groups in total. The van der Waals surface area contributed by atoms with Gasteiger partial charge < -0.3 is 10.6 Å². The van der Waals surface area contributed by atoms with E-state index in [2.05, 4.69) is 10.6 Å². The summed E-state index contributed by atoms with van der Waals surface area (Å²) < 4.78 is 0. The monoisotopic (exact) mass is 302 g/mol. The lowest BCUT2D eigenvalue weighted by Gasteiger charge is -2.14. The Bertz CT molecular complexity index is 569. The van der Waals surface area contributed by atoms with Crippen LogP contribution in [0.15, 0.2) is 54.6 Å². The first kappa shape index (κ1) is 15.5. The number of hydrogen-bond acceptors (Lipinski definition) is 2. The van der Waals surface area contributed by atoms with E-state index in [1.807, 2.05) is 61.5 Å². The van der Waals surface area contributed by atoms with Crippen molar-refractivity contribution in [2.45, 2.75) is 19.5 Å². The van der Waals surface area contributed by atoms with Crippen LogP contribution in [0.4, 0.5) is 0 Å². The molecule has 0 aliphatic rings. The lowest BCUT2D eigenvalue weighted by molar-refractivity contribution is -0.120. The van der Waals surface area contributed by atoms with E-state index in [0.717, 1.165) is 11.1 Å². The van der Waals surface area contributed by atoms with Gasteiger partial charge in [0.05, 0.1) is 12.6 Å². The van der Waals surface area contributed by atoms with Gasteiger partial charge in [-0.2, -0.15) is 0 Å². The fraction of sp³-hybridized carbons (Fsp3) is 0.235. The van der Waals surface area contributed by atoms with E-state index in [1.165, 1.54) is 0 Å². The van der Waals surface area contributed by atoms with E-state index in [9.17, 15) is 4.79 Å². The molecule has 3 nitrogen and oxygen atoms in total. The van der Waals surface area contributed by atoms with Crippen LogP contribution >= 0.6 is 11.6 Å². The number of carbonyl (C=O) groups is 1. The Morgan fingerprint density at radius 1 is 1.10 bits per heavy atom. The van der Waals surface area contributed by atoms with Crippen molar-refractivity contribution >= 4 is 17.5 Å². The molecule has 1 amide bonds. The summed E-state index contributed by atoms with van der Waals surface area (Å²) >= 11 is 5.83. The van der Waals surface area contributed by atoms with Gasteiger partial charge in [0.1, 0.15) is 0 Å². The van der Waals surface area contributed by atoms with E-state index in [4.69, 9.17) is 11.6 Å². The highest BCUT2D eigenvalue weighted by molar-refractivity contribution is 6.30. The van der Waals surface area contributed by atoms with E-state index in [0.29, 0.717) is 18.1 Å². The van der Waals surface area contributed by atoms with Crippen LogP contribution in [-0.4, -0.2) is 12.5 Å². The van der Waals surface area contributed by atoms with Crippen molar-refractivity contribution in [2.24, 2.45) is 0 Å². The quantitative estimate of drug-likeness (QED) is 0.859. The Kier molecular flexibility index (Phi) is 5.78. The van der Waals surface area contributed by atoms with Crippen molar-refractivity contribution in [1.82, 2.24) is 10.6 Å². The van der Waals surface area contributed by atoms with Gasteiger partial charge in [-0.15, -0.1) is 0 Å². The molecule has 0 spiro atoms. The van der Waals surface area contributed by atoms with Crippen molar-refractivity contribution in [1.29, 1.82) is 0 Å². The normalized spacial score (nSPS) is 11.9. The zero-order chi connectivity index (χ0) is 15.1. The minimum absolute atomic E-state index is 0.0102. The maximum Gasteiger partial charge on any atom is 0.234 e. The summed E-state index contributed by atoms with van der Waals surface area (Å²) in [6.07, 6.45) is 0. The van der Waals surface area contributed by atoms with Gasteiger partial charge in [-0.05, 0) is 30.2 Å². The first-order valence-corrected chi connectivity index (χ1v) is 7.32. The molecule has 0 saturated heterocycles. The number of carbonyl (C=O) groups excluding carboxylic acids is 1. The second-order valence-corrected chi connectivity index (χ2v) is 5.37. The fourth-order valence-corrected chi connectivity index (χ4v) is 2.17. The summed E-state index contributed by atoms with van der Waals surface area (Å²) in [5, 5.41) is 6.81. The van der Waals surface area contributed by atoms with Gasteiger partial charge in [-0.3, -0.25) is 4.79 Å². The third kappa shape index (κ3) is 5.21. The van der Waals surface area contributed by atoms with Gasteiger partial charge in [-0.1, -0.05) is 54.1 Å². The largest absolute Gasteiger partial charge is 0.348 e. The van der Waals surface area contributed by atoms with E-state index in [-0.39, 0.29) is 11.9 Å². The Hall–Kier alpha value is -1.84. The molecule has 2 aromatic rings. The molecular formula is C17H19ClN2O. The van der Waals surface area contributed by atoms with Crippen LogP contribution in [0.1, 0.15) is 24.1 Å². The topological polar surface area (TPSA) is 41.1 Å². The van der Waals surface area contributed by atoms with Gasteiger partial charge in [0.15, 0.2) is 0 Å². The lowest BCUT2D eigenvalue weighted by atomic mass is 10.1. The van der Waals surface area contributed by atoms with Crippen molar-refractivity contribution in [3.05, 3.63) is 70.7 Å². The minimum Gasteiger partial charge on any atom is -0.348 e. The second kappa shape index (κ2) is 7.81. The number of halogens is 1. The molecule has 1 unspecified atom stereocenters. The highest BCUT2D eigenvalue weighted by Gasteiger charge is 2.08. The standard InChI is InChI=1S/C17H19ClN2O/c1-13(15-5-3-2-4-6-15)20-17(21)12-19-11-14-7-9-16(18)10-8-14/h2-10,13,19H,11-12H2,1H3,(H,20,21). The van der Waals surface area contributed by atoms with Crippen LogP contribution in [0.2, 0.25) is 5.02 Å². The predicted octanol–water partition coefficient (Wildman–Crippen LogP) is 3.31. The molecule has 2 rings (SSSR count). The van der Waals surface area contributed by atoms with E-state index < -0.39 is 0 Å². The number of benzene rings is 2. The summed E-state index contributed by atoms with van der Waals surface area (Å²) in [6.45, 7) is 2.91. The molecule has 0 saturated carbocycles. The molecule has 0 heterocycles. The summed E-state index contributed by atoms with van der Waals surface area (Å²) in [6, 6.07) is 17.5. The SMILES string of the molecule is CC(NC(=O)CNCc1ccc(Cl)cc1)c1ccccc1. The summed E-state index contributed by atoms with van der Waals surface area (Å²) in [4.78, 5) is 11.9. The zero-order valence-electron chi connectivity index (χ0n) is 12.0. The van der Waals surface area contributed by atoms with Crippen LogP contribution < -0.4 is 10.6 Å². The van der Waals surface area contributed by atoms with E-state index >= 15 is 0 Å². The third-order valence-electron chi connectivity index (χ3n) is 3.21. The van der Waals surface area contributed by atoms with Crippen molar-refractivity contribution in [3.8, 4) is 0 Å². The molecule has 0 radical (unpaired) electrons. The molecule has 2 aromatic carbocycles. The van der Waals surface area contributed by atoms with Gasteiger partial charge in [-0.25, -0.2) is 0 Å². The maximum absolute atomic E-state index is 11.9. The molecule has 4 heteroatoms. The van der Waals surface area contributed by atoms with Crippen LogP contribution in [0.3, 0.4) is 0 Å². The average molecular weight is 303 g/mol. The van der Waals surface area contributed by atoms with Crippen molar-refractivity contribution in [3.63, 3.8) is 0 Å². The van der Waals surface area contributed by atoms with Crippen molar-refractivity contribution < 1.29 is 4.79 Å². The molecular weight excluding hydrogens is 284 g/mol. The molecule has 0 aliphatic heterocycles. The number of nitrogens with one attached hydrogen (secondary N) is 2. The number of amides is 1. The van der Waals surface area contributed by atoms with Crippen LogP contribution in [0.25, 0.3) is 0 Å². The smallest absolute Gasteiger partial charge is 0.234 e. The van der Waals surface area contributed by atoms with Gasteiger partial charge in [0, 0.05) is 11.6 Å². The molecule has 0 fully saturated rings. The van der Waals surface area contributed by atoms with Crippen LogP contribution in [0.5, 0.6) is 0 Å². The second-order valence-electron chi connectivity index (χ2n) is 4.93. The Balaban J connectivity index is 1.73. The maximum atomic E-state index is 11.9. The third-order valence-corrected chi connectivity index (χ3v) is 3.46. The molecule has 21 heavy (non-hydrogen) atoms. The van der Waals surface area contributed by atoms with E-state index in [1.54, 1.807) is 0 Å². The highest BCUT2D eigenvalue weighted by Crippen LogP contribution is 2.11. The highest BCUT2D eigenvalue weighted by atomic mass is 35.5. The lowest BCUT2D eigenvalue weighted by Crippen LogP contribution is -2.35. The Morgan fingerprint density at radius 3 is 2.43 bits per heavy atom. The molecule has 0 aromatic heterocycles. The first-order chi connectivity index (χ1) is 10.1. The van der Waals surface area contributed by atoms with Crippen LogP contribution in [0, 0.1) is 0 Å².